The summed E-state index contributed by atoms with van der Waals surface area (Å²) in [6.07, 6.45) is 9.38. The van der Waals surface area contributed by atoms with Crippen LogP contribution in [0.3, 0.4) is 0 Å². The number of fused-ring (bicyclic) bond motifs is 1. The zero-order valence-corrected chi connectivity index (χ0v) is 26.3. The van der Waals surface area contributed by atoms with Crippen molar-refractivity contribution < 1.29 is 9.53 Å². The molecule has 0 spiro atoms. The molecule has 42 heavy (non-hydrogen) atoms. The first-order valence-electron chi connectivity index (χ1n) is 15.7. The molecule has 6 heteroatoms. The Morgan fingerprint density at radius 2 is 1.76 bits per heavy atom. The molecule has 0 atom stereocenters. The number of nitrogens with zero attached hydrogens (tertiary/aromatic N) is 2. The van der Waals surface area contributed by atoms with Gasteiger partial charge in [0.25, 0.3) is 5.91 Å². The van der Waals surface area contributed by atoms with E-state index >= 15 is 0 Å². The summed E-state index contributed by atoms with van der Waals surface area (Å²) in [6.45, 7) is 4.81. The number of ether oxygens (including phenoxy) is 1. The number of hydrogen-bond donors (Lipinski definition) is 1. The van der Waals surface area contributed by atoms with Crippen molar-refractivity contribution in [1.29, 1.82) is 0 Å². The van der Waals surface area contributed by atoms with Crippen molar-refractivity contribution in [3.8, 4) is 16.9 Å². The summed E-state index contributed by atoms with van der Waals surface area (Å²) in [7, 11) is 5.94. The largest absolute Gasteiger partial charge is 0.496 e. The average Bonchev–Trinajstić information content (AvgIpc) is 3.00. The van der Waals surface area contributed by atoms with Crippen LogP contribution in [0.25, 0.3) is 11.1 Å². The second kappa shape index (κ2) is 14.5. The third-order valence-corrected chi connectivity index (χ3v) is 9.19. The van der Waals surface area contributed by atoms with E-state index in [-0.39, 0.29) is 5.91 Å². The molecule has 0 unspecified atom stereocenters. The van der Waals surface area contributed by atoms with Crippen molar-refractivity contribution in [3.05, 3.63) is 87.4 Å². The van der Waals surface area contributed by atoms with Gasteiger partial charge in [0.15, 0.2) is 0 Å². The minimum absolute atomic E-state index is 0.00234. The Morgan fingerprint density at radius 1 is 1.00 bits per heavy atom. The molecule has 224 valence electrons. The number of carbonyl (C=O) groups excluding carboxylic acids is 1. The molecule has 0 bridgehead atoms. The van der Waals surface area contributed by atoms with E-state index in [1.165, 1.54) is 54.5 Å². The van der Waals surface area contributed by atoms with E-state index in [0.717, 1.165) is 67.2 Å². The number of nitrogens with one attached hydrogen (secondary N) is 1. The standard InChI is InChI=1S/C36H46ClN3O2/c1-39(2)25-30-24-29(13-16-32(30)27-10-14-31(37)15-11-27)36(41)38-20-6-7-21-40-22-18-28(19-23-40)34-17-12-26-8-4-5-9-33(26)35(34)42-3/h10-17,24,28H,4-9,18-23,25H2,1-3H3,(H,38,41). The Balaban J connectivity index is 1.07. The van der Waals surface area contributed by atoms with Crippen LogP contribution < -0.4 is 10.1 Å². The number of unbranched alkanes of at least 4 members (excludes halogenated alkanes) is 1. The summed E-state index contributed by atoms with van der Waals surface area (Å²) in [5.74, 6) is 1.76. The lowest BCUT2D eigenvalue weighted by molar-refractivity contribution is 0.0952. The second-order valence-corrected chi connectivity index (χ2v) is 12.7. The number of halogens is 1. The number of rotatable bonds is 11. The molecule has 3 aromatic rings. The fourth-order valence-electron chi connectivity index (χ4n) is 6.72. The Hall–Kier alpha value is -2.86. The first-order chi connectivity index (χ1) is 20.4. The Morgan fingerprint density at radius 3 is 2.50 bits per heavy atom. The van der Waals surface area contributed by atoms with E-state index in [2.05, 4.69) is 33.3 Å². The SMILES string of the molecule is COc1c(C2CCN(CCCCNC(=O)c3ccc(-c4ccc(Cl)cc4)c(CN(C)C)c3)CC2)ccc2c1CCCC2. The zero-order chi connectivity index (χ0) is 29.5. The van der Waals surface area contributed by atoms with Crippen LogP contribution in [-0.4, -0.2) is 63.1 Å². The van der Waals surface area contributed by atoms with Gasteiger partial charge in [0.1, 0.15) is 5.75 Å². The Labute approximate surface area is 257 Å². The minimum atomic E-state index is -0.00234. The number of carbonyl (C=O) groups is 1. The third-order valence-electron chi connectivity index (χ3n) is 8.94. The smallest absolute Gasteiger partial charge is 0.251 e. The van der Waals surface area contributed by atoms with Crippen LogP contribution in [0.5, 0.6) is 5.75 Å². The summed E-state index contributed by atoms with van der Waals surface area (Å²) >= 11 is 6.10. The van der Waals surface area contributed by atoms with Gasteiger partial charge in [0.2, 0.25) is 0 Å². The predicted octanol–water partition coefficient (Wildman–Crippen LogP) is 7.35. The highest BCUT2D eigenvalue weighted by atomic mass is 35.5. The average molecular weight is 588 g/mol. The lowest BCUT2D eigenvalue weighted by Crippen LogP contribution is -2.34. The van der Waals surface area contributed by atoms with Crippen LogP contribution in [0.15, 0.2) is 54.6 Å². The third kappa shape index (κ3) is 7.55. The summed E-state index contributed by atoms with van der Waals surface area (Å²) in [4.78, 5) is 17.7. The highest BCUT2D eigenvalue weighted by Gasteiger charge is 2.26. The highest BCUT2D eigenvalue weighted by molar-refractivity contribution is 6.30. The quantitative estimate of drug-likeness (QED) is 0.238. The molecule has 1 heterocycles. The molecule has 1 N–H and O–H groups in total. The van der Waals surface area contributed by atoms with E-state index in [0.29, 0.717) is 18.0 Å². The molecular formula is C36H46ClN3O2. The number of methoxy groups -OCH3 is 1. The highest BCUT2D eigenvalue weighted by Crippen LogP contribution is 2.40. The number of piperidine rings is 1. The summed E-state index contributed by atoms with van der Waals surface area (Å²) in [5, 5.41) is 3.87. The van der Waals surface area contributed by atoms with Crippen molar-refractivity contribution in [2.24, 2.45) is 0 Å². The summed E-state index contributed by atoms with van der Waals surface area (Å²) in [6, 6.07) is 18.6. The molecule has 0 aromatic heterocycles. The van der Waals surface area contributed by atoms with Crippen molar-refractivity contribution >= 4 is 17.5 Å². The van der Waals surface area contributed by atoms with Gasteiger partial charge in [-0.3, -0.25) is 4.79 Å². The first kappa shape index (κ1) is 30.6. The van der Waals surface area contributed by atoms with Gasteiger partial charge in [0.05, 0.1) is 7.11 Å². The van der Waals surface area contributed by atoms with Gasteiger partial charge < -0.3 is 19.9 Å². The summed E-state index contributed by atoms with van der Waals surface area (Å²) in [5.41, 5.74) is 8.47. The fourth-order valence-corrected chi connectivity index (χ4v) is 6.85. The second-order valence-electron chi connectivity index (χ2n) is 12.2. The van der Waals surface area contributed by atoms with Crippen LogP contribution in [0, 0.1) is 0 Å². The number of amides is 1. The lowest BCUT2D eigenvalue weighted by atomic mass is 9.83. The number of likely N-dealkylation sites (tertiary alicyclic amines) is 1. The zero-order valence-electron chi connectivity index (χ0n) is 25.6. The lowest BCUT2D eigenvalue weighted by Gasteiger charge is -2.33. The van der Waals surface area contributed by atoms with Crippen molar-refractivity contribution in [2.45, 2.75) is 63.8 Å². The maximum absolute atomic E-state index is 13.0. The van der Waals surface area contributed by atoms with E-state index in [4.69, 9.17) is 16.3 Å². The maximum Gasteiger partial charge on any atom is 0.251 e. The van der Waals surface area contributed by atoms with E-state index in [1.807, 2.05) is 57.6 Å². The van der Waals surface area contributed by atoms with Crippen LogP contribution in [0.4, 0.5) is 0 Å². The van der Waals surface area contributed by atoms with Crippen molar-refractivity contribution in [2.75, 3.05) is 47.4 Å². The molecule has 5 nitrogen and oxygen atoms in total. The van der Waals surface area contributed by atoms with Crippen LogP contribution >= 0.6 is 11.6 Å². The monoisotopic (exact) mass is 587 g/mol. The topological polar surface area (TPSA) is 44.8 Å². The normalized spacial score (nSPS) is 15.9. The van der Waals surface area contributed by atoms with E-state index in [1.54, 1.807) is 0 Å². The fraction of sp³-hybridized carbons (Fsp3) is 0.472. The molecule has 1 amide bonds. The molecule has 5 rings (SSSR count). The first-order valence-corrected chi connectivity index (χ1v) is 16.0. The Kier molecular flexibility index (Phi) is 10.6. The van der Waals surface area contributed by atoms with Crippen LogP contribution in [0.1, 0.15) is 77.1 Å². The number of aryl methyl sites for hydroxylation is 1. The van der Waals surface area contributed by atoms with E-state index in [9.17, 15) is 4.79 Å². The molecule has 3 aromatic carbocycles. The van der Waals surface area contributed by atoms with Gasteiger partial charge >= 0.3 is 0 Å². The molecule has 2 aliphatic rings. The van der Waals surface area contributed by atoms with E-state index < -0.39 is 0 Å². The molecule has 1 saturated heterocycles. The van der Waals surface area contributed by atoms with Gasteiger partial charge in [-0.15, -0.1) is 0 Å². The molecule has 0 saturated carbocycles. The molecule has 1 fully saturated rings. The predicted molar refractivity (Wildman–Crippen MR) is 174 cm³/mol. The van der Waals surface area contributed by atoms with Crippen molar-refractivity contribution in [1.82, 2.24) is 15.1 Å². The molecule has 0 radical (unpaired) electrons. The van der Waals surface area contributed by atoms with Gasteiger partial charge in [0, 0.05) is 23.7 Å². The molecule has 1 aliphatic carbocycles. The number of hydrogen-bond acceptors (Lipinski definition) is 4. The van der Waals surface area contributed by atoms with Gasteiger partial charge in [-0.25, -0.2) is 0 Å². The van der Waals surface area contributed by atoms with Crippen LogP contribution in [0.2, 0.25) is 5.02 Å². The minimum Gasteiger partial charge on any atom is -0.496 e. The van der Waals surface area contributed by atoms with Gasteiger partial charge in [-0.1, -0.05) is 41.9 Å². The maximum atomic E-state index is 13.0. The molecular weight excluding hydrogens is 542 g/mol. The van der Waals surface area contributed by atoms with Gasteiger partial charge in [-0.2, -0.15) is 0 Å². The van der Waals surface area contributed by atoms with Gasteiger partial charge in [-0.05, 0) is 149 Å². The molecule has 1 aliphatic heterocycles. The van der Waals surface area contributed by atoms with Crippen molar-refractivity contribution in [3.63, 3.8) is 0 Å². The summed E-state index contributed by atoms with van der Waals surface area (Å²) < 4.78 is 5.97. The van der Waals surface area contributed by atoms with Crippen LogP contribution in [-0.2, 0) is 19.4 Å². The Bertz CT molecular complexity index is 1350. The number of benzene rings is 3.